The Labute approximate surface area is 184 Å². The molecule has 1 N–H and O–H groups in total. The fraction of sp³-hybridized carbons (Fsp3) is 0.174. The van der Waals surface area contributed by atoms with E-state index in [0.29, 0.717) is 34.5 Å². The number of anilines is 1. The molecule has 158 valence electrons. The van der Waals surface area contributed by atoms with E-state index in [1.165, 1.54) is 13.2 Å². The van der Waals surface area contributed by atoms with E-state index in [9.17, 15) is 10.1 Å². The molecule has 2 aromatic carbocycles. The Kier molecular flexibility index (Phi) is 6.96. The molecule has 1 heterocycles. The van der Waals surface area contributed by atoms with Gasteiger partial charge in [0, 0.05) is 6.07 Å². The van der Waals surface area contributed by atoms with Crippen LogP contribution in [0.15, 0.2) is 52.6 Å². The fourth-order valence-electron chi connectivity index (χ4n) is 2.81. The van der Waals surface area contributed by atoms with E-state index >= 15 is 0 Å². The highest BCUT2D eigenvalue weighted by Crippen LogP contribution is 2.37. The van der Waals surface area contributed by atoms with E-state index in [-0.39, 0.29) is 11.4 Å². The maximum atomic E-state index is 12.4. The van der Waals surface area contributed by atoms with Gasteiger partial charge in [-0.2, -0.15) is 5.26 Å². The first kappa shape index (κ1) is 21.9. The second-order valence-corrected chi connectivity index (χ2v) is 7.10. The molecule has 0 aliphatic heterocycles. The molecule has 8 heteroatoms. The number of hydrogen-bond acceptors (Lipinski definition) is 6. The predicted molar refractivity (Wildman–Crippen MR) is 117 cm³/mol. The molecule has 0 spiro atoms. The predicted octanol–water partition coefficient (Wildman–Crippen LogP) is 5.08. The third-order valence-corrected chi connectivity index (χ3v) is 4.71. The fourth-order valence-corrected chi connectivity index (χ4v) is 3.08. The van der Waals surface area contributed by atoms with Crippen LogP contribution in [0.2, 0.25) is 5.02 Å². The van der Waals surface area contributed by atoms with Crippen LogP contribution in [0.5, 0.6) is 11.5 Å². The molecule has 1 amide bonds. The SMILES string of the molecule is COc1cc(/C=C(/C#N)C(=O)Nc2cc(C)on2)cc(Cl)c1OCc1ccccc1C. The number of halogens is 1. The van der Waals surface area contributed by atoms with Crippen LogP contribution in [0.4, 0.5) is 5.82 Å². The van der Waals surface area contributed by atoms with Crippen molar-refractivity contribution in [3.8, 4) is 17.6 Å². The molecule has 0 saturated carbocycles. The van der Waals surface area contributed by atoms with E-state index in [2.05, 4.69) is 10.5 Å². The molecular weight excluding hydrogens is 418 g/mol. The van der Waals surface area contributed by atoms with Gasteiger partial charge < -0.3 is 19.3 Å². The molecule has 3 rings (SSSR count). The molecule has 0 fully saturated rings. The molecule has 0 unspecified atom stereocenters. The summed E-state index contributed by atoms with van der Waals surface area (Å²) in [6.45, 7) is 4.02. The topological polar surface area (TPSA) is 97.4 Å². The zero-order valence-corrected chi connectivity index (χ0v) is 18.0. The van der Waals surface area contributed by atoms with Crippen molar-refractivity contribution >= 4 is 29.4 Å². The van der Waals surface area contributed by atoms with Gasteiger partial charge in [-0.3, -0.25) is 4.79 Å². The van der Waals surface area contributed by atoms with Gasteiger partial charge in [0.05, 0.1) is 12.1 Å². The van der Waals surface area contributed by atoms with Crippen molar-refractivity contribution in [1.29, 1.82) is 5.26 Å². The van der Waals surface area contributed by atoms with Gasteiger partial charge in [-0.05, 0) is 48.7 Å². The van der Waals surface area contributed by atoms with Crippen LogP contribution in [-0.2, 0) is 11.4 Å². The lowest BCUT2D eigenvalue weighted by Crippen LogP contribution is -2.13. The third-order valence-electron chi connectivity index (χ3n) is 4.43. The number of aryl methyl sites for hydroxylation is 2. The maximum absolute atomic E-state index is 12.4. The number of methoxy groups -OCH3 is 1. The monoisotopic (exact) mass is 437 g/mol. The van der Waals surface area contributed by atoms with Gasteiger partial charge >= 0.3 is 0 Å². The minimum Gasteiger partial charge on any atom is -0.493 e. The number of nitrogens with zero attached hydrogens (tertiary/aromatic N) is 2. The normalized spacial score (nSPS) is 11.0. The van der Waals surface area contributed by atoms with Crippen molar-refractivity contribution in [2.45, 2.75) is 20.5 Å². The van der Waals surface area contributed by atoms with Gasteiger partial charge in [-0.1, -0.05) is 41.0 Å². The van der Waals surface area contributed by atoms with E-state index in [0.717, 1.165) is 11.1 Å². The summed E-state index contributed by atoms with van der Waals surface area (Å²) in [5.74, 6) is 0.906. The third kappa shape index (κ3) is 5.44. The second-order valence-electron chi connectivity index (χ2n) is 6.70. The summed E-state index contributed by atoms with van der Waals surface area (Å²) in [5.41, 5.74) is 2.50. The Balaban J connectivity index is 1.82. The average molecular weight is 438 g/mol. The van der Waals surface area contributed by atoms with Gasteiger partial charge in [0.2, 0.25) is 0 Å². The molecule has 0 aliphatic rings. The van der Waals surface area contributed by atoms with E-state index in [4.69, 9.17) is 25.6 Å². The summed E-state index contributed by atoms with van der Waals surface area (Å²) in [4.78, 5) is 12.4. The number of aromatic nitrogens is 1. The van der Waals surface area contributed by atoms with Gasteiger partial charge in [0.1, 0.15) is 24.0 Å². The molecule has 7 nitrogen and oxygen atoms in total. The highest BCUT2D eigenvalue weighted by atomic mass is 35.5. The number of rotatable bonds is 7. The molecule has 31 heavy (non-hydrogen) atoms. The first-order valence-corrected chi connectivity index (χ1v) is 9.70. The van der Waals surface area contributed by atoms with Crippen molar-refractivity contribution in [1.82, 2.24) is 5.16 Å². The molecule has 3 aromatic rings. The number of ether oxygens (including phenoxy) is 2. The lowest BCUT2D eigenvalue weighted by molar-refractivity contribution is -0.112. The molecule has 0 saturated heterocycles. The summed E-state index contributed by atoms with van der Waals surface area (Å²) >= 11 is 6.42. The van der Waals surface area contributed by atoms with Crippen molar-refractivity contribution in [2.75, 3.05) is 12.4 Å². The molecule has 0 aliphatic carbocycles. The zero-order valence-electron chi connectivity index (χ0n) is 17.2. The number of benzene rings is 2. The zero-order chi connectivity index (χ0) is 22.4. The standard InChI is InChI=1S/C23H20ClN3O4/c1-14-6-4-5-7-17(14)13-30-22-19(24)10-16(11-20(22)29-3)9-18(12-25)23(28)26-21-8-15(2)31-27-21/h4-11H,13H2,1-3H3,(H,26,27,28)/b18-9-. The van der Waals surface area contributed by atoms with Crippen LogP contribution in [-0.4, -0.2) is 18.2 Å². The summed E-state index contributed by atoms with van der Waals surface area (Å²) < 4.78 is 16.2. The summed E-state index contributed by atoms with van der Waals surface area (Å²) in [6.07, 6.45) is 1.40. The lowest BCUT2D eigenvalue weighted by Gasteiger charge is -2.14. The van der Waals surface area contributed by atoms with Crippen molar-refractivity contribution in [2.24, 2.45) is 0 Å². The number of nitriles is 1. The van der Waals surface area contributed by atoms with Crippen molar-refractivity contribution in [3.05, 3.63) is 75.5 Å². The minimum atomic E-state index is -0.620. The molecule has 0 bridgehead atoms. The van der Waals surface area contributed by atoms with E-state index in [1.807, 2.05) is 37.3 Å². The molecular formula is C23H20ClN3O4. The Morgan fingerprint density at radius 1 is 1.29 bits per heavy atom. The summed E-state index contributed by atoms with van der Waals surface area (Å²) in [6, 6.07) is 14.5. The average Bonchev–Trinajstić information content (AvgIpc) is 3.16. The first-order chi connectivity index (χ1) is 14.9. The largest absolute Gasteiger partial charge is 0.493 e. The van der Waals surface area contributed by atoms with E-state index < -0.39 is 5.91 Å². The van der Waals surface area contributed by atoms with Gasteiger partial charge in [-0.25, -0.2) is 0 Å². The van der Waals surface area contributed by atoms with Gasteiger partial charge in [-0.15, -0.1) is 0 Å². The highest BCUT2D eigenvalue weighted by Gasteiger charge is 2.15. The van der Waals surface area contributed by atoms with E-state index in [1.54, 1.807) is 25.1 Å². The van der Waals surface area contributed by atoms with Crippen LogP contribution in [0.3, 0.4) is 0 Å². The van der Waals surface area contributed by atoms with Gasteiger partial charge in [0.15, 0.2) is 17.3 Å². The summed E-state index contributed by atoms with van der Waals surface area (Å²) in [5, 5.41) is 15.9. The Morgan fingerprint density at radius 3 is 2.71 bits per heavy atom. The molecule has 0 radical (unpaired) electrons. The smallest absolute Gasteiger partial charge is 0.267 e. The molecule has 0 atom stereocenters. The van der Waals surface area contributed by atoms with Crippen LogP contribution >= 0.6 is 11.6 Å². The van der Waals surface area contributed by atoms with Crippen LogP contribution in [0.1, 0.15) is 22.5 Å². The van der Waals surface area contributed by atoms with Crippen LogP contribution in [0, 0.1) is 25.2 Å². The molecule has 1 aromatic heterocycles. The van der Waals surface area contributed by atoms with Crippen molar-refractivity contribution in [3.63, 3.8) is 0 Å². The number of nitrogens with one attached hydrogen (secondary N) is 1. The van der Waals surface area contributed by atoms with Crippen LogP contribution in [0.25, 0.3) is 6.08 Å². The number of carbonyl (C=O) groups excluding carboxylic acids is 1. The first-order valence-electron chi connectivity index (χ1n) is 9.32. The quantitative estimate of drug-likeness (QED) is 0.409. The van der Waals surface area contributed by atoms with Crippen molar-refractivity contribution < 1.29 is 18.8 Å². The minimum absolute atomic E-state index is 0.132. The number of amides is 1. The van der Waals surface area contributed by atoms with Gasteiger partial charge in [0.25, 0.3) is 5.91 Å². The lowest BCUT2D eigenvalue weighted by atomic mass is 10.1. The Morgan fingerprint density at radius 2 is 2.06 bits per heavy atom. The number of carbonyl (C=O) groups is 1. The second kappa shape index (κ2) is 9.83. The maximum Gasteiger partial charge on any atom is 0.267 e. The Bertz CT molecular complexity index is 1180. The van der Waals surface area contributed by atoms with Crippen LogP contribution < -0.4 is 14.8 Å². The highest BCUT2D eigenvalue weighted by molar-refractivity contribution is 6.32. The Hall–Kier alpha value is -3.76. The summed E-state index contributed by atoms with van der Waals surface area (Å²) in [7, 11) is 1.49. The number of hydrogen-bond donors (Lipinski definition) is 1.